The van der Waals surface area contributed by atoms with Crippen molar-refractivity contribution in [3.8, 4) is 0 Å². The second-order valence-electron chi connectivity index (χ2n) is 5.54. The zero-order valence-corrected chi connectivity index (χ0v) is 14.4. The molecule has 0 spiro atoms. The van der Waals surface area contributed by atoms with Gasteiger partial charge in [-0.2, -0.15) is 0 Å². The monoisotopic (exact) mass is 382 g/mol. The normalized spacial score (nSPS) is 18.8. The Morgan fingerprint density at radius 2 is 2.04 bits per heavy atom. The molecule has 1 heterocycles. The summed E-state index contributed by atoms with van der Waals surface area (Å²) >= 11 is 3.32. The Morgan fingerprint density at radius 3 is 2.57 bits per heavy atom. The number of rotatable bonds is 6. The van der Waals surface area contributed by atoms with Gasteiger partial charge in [-0.1, -0.05) is 28.1 Å². The smallest absolute Gasteiger partial charge is 0.305 e. The predicted octanol–water partition coefficient (Wildman–Crippen LogP) is 1.95. The molecule has 7 heteroatoms. The molecule has 2 rings (SSSR count). The van der Waals surface area contributed by atoms with Gasteiger partial charge >= 0.3 is 5.97 Å². The van der Waals surface area contributed by atoms with Crippen molar-refractivity contribution >= 4 is 33.7 Å². The van der Waals surface area contributed by atoms with Gasteiger partial charge in [-0.05, 0) is 24.6 Å². The first kappa shape index (κ1) is 17.5. The van der Waals surface area contributed by atoms with E-state index in [9.17, 15) is 14.4 Å². The van der Waals surface area contributed by atoms with E-state index in [0.717, 1.165) is 10.0 Å². The summed E-state index contributed by atoms with van der Waals surface area (Å²) in [5.41, 5.74) is 0.723. The van der Waals surface area contributed by atoms with E-state index in [1.54, 1.807) is 29.2 Å². The van der Waals surface area contributed by atoms with E-state index < -0.39 is 17.9 Å². The minimum atomic E-state index is -0.990. The number of amides is 2. The molecule has 0 unspecified atom stereocenters. The molecule has 1 saturated heterocycles. The highest BCUT2D eigenvalue weighted by Crippen LogP contribution is 2.23. The Kier molecular flexibility index (Phi) is 5.76. The third kappa shape index (κ3) is 4.54. The first-order valence-electron chi connectivity index (χ1n) is 7.46. The highest BCUT2D eigenvalue weighted by atomic mass is 79.9. The van der Waals surface area contributed by atoms with E-state index in [1.165, 1.54) is 0 Å². The minimum absolute atomic E-state index is 0.0360. The van der Waals surface area contributed by atoms with Gasteiger partial charge in [-0.25, -0.2) is 0 Å². The van der Waals surface area contributed by atoms with Gasteiger partial charge in [0, 0.05) is 24.0 Å². The number of likely N-dealkylation sites (tertiary alicyclic amines) is 1. The van der Waals surface area contributed by atoms with Crippen LogP contribution in [0, 0.1) is 5.92 Å². The first-order valence-corrected chi connectivity index (χ1v) is 8.25. The van der Waals surface area contributed by atoms with Crippen LogP contribution in [0.25, 0.3) is 0 Å². The molecule has 1 aromatic carbocycles. The van der Waals surface area contributed by atoms with Crippen LogP contribution in [0.1, 0.15) is 31.4 Å². The van der Waals surface area contributed by atoms with Crippen molar-refractivity contribution in [2.75, 3.05) is 13.1 Å². The summed E-state index contributed by atoms with van der Waals surface area (Å²) in [6.45, 7) is 2.84. The van der Waals surface area contributed by atoms with Gasteiger partial charge in [0.25, 0.3) is 0 Å². The molecule has 0 aromatic heterocycles. The first-order chi connectivity index (χ1) is 10.9. The number of halogens is 1. The Balaban J connectivity index is 2.08. The van der Waals surface area contributed by atoms with E-state index in [4.69, 9.17) is 5.11 Å². The molecule has 1 fully saturated rings. The summed E-state index contributed by atoms with van der Waals surface area (Å²) in [6, 6.07) is 6.54. The highest BCUT2D eigenvalue weighted by Gasteiger charge is 2.34. The van der Waals surface area contributed by atoms with Crippen molar-refractivity contribution in [2.24, 2.45) is 5.92 Å². The zero-order chi connectivity index (χ0) is 17.0. The van der Waals surface area contributed by atoms with Crippen molar-refractivity contribution in [3.05, 3.63) is 34.3 Å². The number of carbonyl (C=O) groups is 3. The van der Waals surface area contributed by atoms with Gasteiger partial charge in [0.1, 0.15) is 0 Å². The van der Waals surface area contributed by atoms with Gasteiger partial charge in [0.2, 0.25) is 11.8 Å². The summed E-state index contributed by atoms with van der Waals surface area (Å²) in [7, 11) is 0. The van der Waals surface area contributed by atoms with Crippen molar-refractivity contribution in [3.63, 3.8) is 0 Å². The molecule has 23 heavy (non-hydrogen) atoms. The molecule has 2 amide bonds. The van der Waals surface area contributed by atoms with Gasteiger partial charge < -0.3 is 15.3 Å². The lowest BCUT2D eigenvalue weighted by Gasteiger charge is -2.20. The quantitative estimate of drug-likeness (QED) is 0.786. The Labute approximate surface area is 143 Å². The Bertz CT molecular complexity index is 603. The molecule has 0 saturated carbocycles. The average molecular weight is 383 g/mol. The molecule has 0 bridgehead atoms. The van der Waals surface area contributed by atoms with Crippen LogP contribution >= 0.6 is 15.9 Å². The SMILES string of the molecule is CCN1C[C@@H](C(=O)N[C@H](CC(=O)O)c2ccc(Br)cc2)CC1=O. The molecule has 124 valence electrons. The second kappa shape index (κ2) is 7.59. The lowest BCUT2D eigenvalue weighted by Crippen LogP contribution is -2.36. The number of hydrogen-bond donors (Lipinski definition) is 2. The maximum absolute atomic E-state index is 12.4. The molecule has 0 radical (unpaired) electrons. The molecule has 1 aromatic rings. The summed E-state index contributed by atoms with van der Waals surface area (Å²) in [5.74, 6) is -1.72. The molecule has 6 nitrogen and oxygen atoms in total. The number of benzene rings is 1. The van der Waals surface area contributed by atoms with E-state index in [0.29, 0.717) is 13.1 Å². The number of nitrogens with one attached hydrogen (secondary N) is 1. The summed E-state index contributed by atoms with van der Waals surface area (Å²) < 4.78 is 0.877. The van der Waals surface area contributed by atoms with E-state index >= 15 is 0 Å². The largest absolute Gasteiger partial charge is 0.481 e. The summed E-state index contributed by atoms with van der Waals surface area (Å²) in [6.07, 6.45) is -0.0225. The van der Waals surface area contributed by atoms with Crippen molar-refractivity contribution < 1.29 is 19.5 Å². The van der Waals surface area contributed by atoms with Crippen LogP contribution in [0.4, 0.5) is 0 Å². The van der Waals surface area contributed by atoms with Crippen molar-refractivity contribution in [2.45, 2.75) is 25.8 Å². The van der Waals surface area contributed by atoms with Gasteiger partial charge in [-0.15, -0.1) is 0 Å². The van der Waals surface area contributed by atoms with E-state index in [1.807, 2.05) is 6.92 Å². The fourth-order valence-corrected chi connectivity index (χ4v) is 2.93. The number of nitrogens with zero attached hydrogens (tertiary/aromatic N) is 1. The standard InChI is InChI=1S/C16H19BrN2O4/c1-2-19-9-11(7-14(19)20)16(23)18-13(8-15(21)22)10-3-5-12(17)6-4-10/h3-6,11,13H,2,7-9H2,1H3,(H,18,23)(H,21,22)/t11-,13+/m0/s1. The molecule has 2 atom stereocenters. The lowest BCUT2D eigenvalue weighted by atomic mass is 10.0. The number of carboxylic acids is 1. The third-order valence-electron chi connectivity index (χ3n) is 3.93. The van der Waals surface area contributed by atoms with Gasteiger partial charge in [0.15, 0.2) is 0 Å². The van der Waals surface area contributed by atoms with Crippen LogP contribution < -0.4 is 5.32 Å². The van der Waals surface area contributed by atoms with Crippen LogP contribution in [0.2, 0.25) is 0 Å². The highest BCUT2D eigenvalue weighted by molar-refractivity contribution is 9.10. The number of carbonyl (C=O) groups excluding carboxylic acids is 2. The number of aliphatic carboxylic acids is 1. The summed E-state index contributed by atoms with van der Waals surface area (Å²) in [5, 5.41) is 11.9. The van der Waals surface area contributed by atoms with E-state index in [-0.39, 0.29) is 24.7 Å². The van der Waals surface area contributed by atoms with Crippen molar-refractivity contribution in [1.82, 2.24) is 10.2 Å². The fourth-order valence-electron chi connectivity index (χ4n) is 2.66. The molecule has 0 aliphatic carbocycles. The van der Waals surface area contributed by atoms with E-state index in [2.05, 4.69) is 21.2 Å². The summed E-state index contributed by atoms with van der Waals surface area (Å²) in [4.78, 5) is 36.8. The minimum Gasteiger partial charge on any atom is -0.481 e. The van der Waals surface area contributed by atoms with Crippen LogP contribution in [0.5, 0.6) is 0 Å². The lowest BCUT2D eigenvalue weighted by molar-refractivity contribution is -0.138. The maximum Gasteiger partial charge on any atom is 0.305 e. The zero-order valence-electron chi connectivity index (χ0n) is 12.8. The molecular weight excluding hydrogens is 364 g/mol. The number of hydrogen-bond acceptors (Lipinski definition) is 3. The molecule has 1 aliphatic rings. The van der Waals surface area contributed by atoms with Crippen LogP contribution in [0.15, 0.2) is 28.7 Å². The predicted molar refractivity (Wildman–Crippen MR) is 87.6 cm³/mol. The van der Waals surface area contributed by atoms with Crippen LogP contribution in [-0.2, 0) is 14.4 Å². The Hall–Kier alpha value is -1.89. The molecule has 2 N–H and O–H groups in total. The average Bonchev–Trinajstić information content (AvgIpc) is 2.88. The Morgan fingerprint density at radius 1 is 1.39 bits per heavy atom. The van der Waals surface area contributed by atoms with Gasteiger partial charge in [0.05, 0.1) is 18.4 Å². The topological polar surface area (TPSA) is 86.7 Å². The number of carboxylic acid groups (broad SMARTS) is 1. The second-order valence-corrected chi connectivity index (χ2v) is 6.46. The van der Waals surface area contributed by atoms with Crippen LogP contribution in [0.3, 0.4) is 0 Å². The van der Waals surface area contributed by atoms with Crippen LogP contribution in [-0.4, -0.2) is 40.9 Å². The van der Waals surface area contributed by atoms with Gasteiger partial charge in [-0.3, -0.25) is 14.4 Å². The van der Waals surface area contributed by atoms with Crippen molar-refractivity contribution in [1.29, 1.82) is 0 Å². The molecular formula is C16H19BrN2O4. The third-order valence-corrected chi connectivity index (χ3v) is 4.46. The molecule has 1 aliphatic heterocycles. The fraction of sp³-hybridized carbons (Fsp3) is 0.438. The maximum atomic E-state index is 12.4.